The maximum absolute atomic E-state index is 7.34. The van der Waals surface area contributed by atoms with Crippen LogP contribution in [-0.2, 0) is 6.54 Å². The highest BCUT2D eigenvalue weighted by Crippen LogP contribution is 2.04. The van der Waals surface area contributed by atoms with Crippen LogP contribution in [0, 0.1) is 17.7 Å². The lowest BCUT2D eigenvalue weighted by Gasteiger charge is -2.07. The van der Waals surface area contributed by atoms with Gasteiger partial charge in [0.1, 0.15) is 0 Å². The Morgan fingerprint density at radius 3 is 2.71 bits per heavy atom. The van der Waals surface area contributed by atoms with Crippen LogP contribution in [0.2, 0.25) is 0 Å². The molecule has 1 rings (SSSR count). The average molecular weight is 194 g/mol. The molecule has 14 heavy (non-hydrogen) atoms. The number of hydrogen-bond donors (Lipinski definition) is 6. The Morgan fingerprint density at radius 1 is 1.50 bits per heavy atom. The monoisotopic (exact) mass is 194 g/mol. The van der Waals surface area contributed by atoms with Crippen molar-refractivity contribution in [2.75, 3.05) is 0 Å². The van der Waals surface area contributed by atoms with Crippen LogP contribution in [-0.4, -0.2) is 16.9 Å². The van der Waals surface area contributed by atoms with E-state index >= 15 is 0 Å². The molecule has 76 valence electrons. The molecule has 7 N–H and O–H groups in total. The van der Waals surface area contributed by atoms with Gasteiger partial charge < -0.3 is 16.0 Å². The van der Waals surface area contributed by atoms with Crippen molar-refractivity contribution in [3.63, 3.8) is 0 Å². The van der Waals surface area contributed by atoms with Crippen molar-refractivity contribution in [1.82, 2.24) is 15.6 Å². The molecule has 0 radical (unpaired) electrons. The molecule has 0 aliphatic rings. The van der Waals surface area contributed by atoms with E-state index in [1.54, 1.807) is 0 Å². The fourth-order valence-corrected chi connectivity index (χ4v) is 1.03. The van der Waals surface area contributed by atoms with Gasteiger partial charge in [0, 0.05) is 18.9 Å². The molecule has 0 amide bonds. The number of aromatic amines is 1. The standard InChI is InChI=1S/C8H14N6/c1-5-2-12-3-6(5)4-13-8(11)14-7(9)10/h2-3,12H,4H2,1H3,(H6,9,10,11,13,14). The number of guanidine groups is 2. The Hall–Kier alpha value is -1.98. The van der Waals surface area contributed by atoms with E-state index in [4.69, 9.17) is 16.6 Å². The van der Waals surface area contributed by atoms with Crippen LogP contribution >= 0.6 is 0 Å². The molecule has 6 nitrogen and oxygen atoms in total. The molecule has 1 aromatic heterocycles. The summed E-state index contributed by atoms with van der Waals surface area (Å²) in [5, 5.41) is 19.4. The quantitative estimate of drug-likeness (QED) is 0.290. The Balaban J connectivity index is 2.38. The van der Waals surface area contributed by atoms with Crippen LogP contribution in [0.3, 0.4) is 0 Å². The molecule has 0 aromatic carbocycles. The van der Waals surface area contributed by atoms with Gasteiger partial charge in [0.2, 0.25) is 0 Å². The lowest BCUT2D eigenvalue weighted by molar-refractivity contribution is 0.873. The number of nitrogens with one attached hydrogen (secondary N) is 5. The van der Waals surface area contributed by atoms with Crippen LogP contribution in [0.15, 0.2) is 12.4 Å². The third-order valence-electron chi connectivity index (χ3n) is 1.78. The molecule has 0 saturated carbocycles. The molecule has 0 fully saturated rings. The molecular formula is C8H14N6. The van der Waals surface area contributed by atoms with Crippen LogP contribution in [0.25, 0.3) is 0 Å². The summed E-state index contributed by atoms with van der Waals surface area (Å²) in [6, 6.07) is 0. The van der Waals surface area contributed by atoms with Gasteiger partial charge in [-0.15, -0.1) is 0 Å². The summed E-state index contributed by atoms with van der Waals surface area (Å²) in [6.07, 6.45) is 3.75. The number of aryl methyl sites for hydroxylation is 1. The van der Waals surface area contributed by atoms with Gasteiger partial charge in [0.05, 0.1) is 0 Å². The largest absolute Gasteiger partial charge is 0.370 e. The lowest BCUT2D eigenvalue weighted by Crippen LogP contribution is -2.42. The zero-order chi connectivity index (χ0) is 10.6. The summed E-state index contributed by atoms with van der Waals surface area (Å²) >= 11 is 0. The molecule has 1 aromatic rings. The summed E-state index contributed by atoms with van der Waals surface area (Å²) < 4.78 is 0. The van der Waals surface area contributed by atoms with Gasteiger partial charge in [-0.25, -0.2) is 0 Å². The predicted octanol–water partition coefficient (Wildman–Crippen LogP) is -0.169. The summed E-state index contributed by atoms with van der Waals surface area (Å²) in [5.41, 5.74) is 7.27. The van der Waals surface area contributed by atoms with Crippen LogP contribution in [0.5, 0.6) is 0 Å². The summed E-state index contributed by atoms with van der Waals surface area (Å²) in [4.78, 5) is 2.96. The molecule has 0 saturated heterocycles. The van der Waals surface area contributed by atoms with E-state index in [0.29, 0.717) is 6.54 Å². The van der Waals surface area contributed by atoms with E-state index in [1.165, 1.54) is 0 Å². The number of H-pyrrole nitrogens is 1. The van der Waals surface area contributed by atoms with Crippen molar-refractivity contribution in [2.45, 2.75) is 13.5 Å². The van der Waals surface area contributed by atoms with Gasteiger partial charge in [-0.1, -0.05) is 0 Å². The van der Waals surface area contributed by atoms with E-state index in [9.17, 15) is 0 Å². The van der Waals surface area contributed by atoms with Crippen molar-refractivity contribution < 1.29 is 0 Å². The highest BCUT2D eigenvalue weighted by molar-refractivity contribution is 5.94. The maximum Gasteiger partial charge on any atom is 0.195 e. The number of rotatable bonds is 2. The summed E-state index contributed by atoms with van der Waals surface area (Å²) in [5.74, 6) is -0.216. The second-order valence-corrected chi connectivity index (χ2v) is 2.93. The second-order valence-electron chi connectivity index (χ2n) is 2.93. The SMILES string of the molecule is Cc1c[nH]cc1CNC(=N)NC(=N)N. The van der Waals surface area contributed by atoms with Crippen molar-refractivity contribution >= 4 is 11.9 Å². The molecule has 0 bridgehead atoms. The summed E-state index contributed by atoms with van der Waals surface area (Å²) in [7, 11) is 0. The molecule has 6 heteroatoms. The highest BCUT2D eigenvalue weighted by Gasteiger charge is 2.00. The summed E-state index contributed by atoms with van der Waals surface area (Å²) in [6.45, 7) is 2.52. The Morgan fingerprint density at radius 2 is 2.21 bits per heavy atom. The van der Waals surface area contributed by atoms with Crippen LogP contribution in [0.1, 0.15) is 11.1 Å². The zero-order valence-corrected chi connectivity index (χ0v) is 7.94. The van der Waals surface area contributed by atoms with Crippen molar-refractivity contribution in [3.05, 3.63) is 23.5 Å². The maximum atomic E-state index is 7.34. The third-order valence-corrected chi connectivity index (χ3v) is 1.78. The molecule has 0 unspecified atom stereocenters. The molecular weight excluding hydrogens is 180 g/mol. The molecule has 1 heterocycles. The van der Waals surface area contributed by atoms with Crippen LogP contribution in [0.4, 0.5) is 0 Å². The molecule has 0 aliphatic carbocycles. The highest BCUT2D eigenvalue weighted by atomic mass is 15.2. The van der Waals surface area contributed by atoms with E-state index in [2.05, 4.69) is 15.6 Å². The van der Waals surface area contributed by atoms with Gasteiger partial charge in [-0.3, -0.25) is 16.1 Å². The Labute approximate surface area is 81.9 Å². The van der Waals surface area contributed by atoms with Crippen LogP contribution < -0.4 is 16.4 Å². The number of hydrogen-bond acceptors (Lipinski definition) is 2. The van der Waals surface area contributed by atoms with Gasteiger partial charge in [-0.05, 0) is 18.1 Å². The van der Waals surface area contributed by atoms with E-state index in [1.807, 2.05) is 19.3 Å². The molecule has 0 atom stereocenters. The van der Waals surface area contributed by atoms with Gasteiger partial charge in [0.25, 0.3) is 0 Å². The van der Waals surface area contributed by atoms with E-state index < -0.39 is 0 Å². The number of nitrogens with two attached hydrogens (primary N) is 1. The first-order chi connectivity index (χ1) is 6.59. The lowest BCUT2D eigenvalue weighted by atomic mass is 10.2. The molecule has 0 spiro atoms. The van der Waals surface area contributed by atoms with E-state index in [0.717, 1.165) is 11.1 Å². The normalized spacial score (nSPS) is 9.50. The fourth-order valence-electron chi connectivity index (χ4n) is 1.03. The first kappa shape index (κ1) is 10.1. The zero-order valence-electron chi connectivity index (χ0n) is 7.94. The number of aromatic nitrogens is 1. The van der Waals surface area contributed by atoms with Gasteiger partial charge in [0.15, 0.2) is 11.9 Å². The van der Waals surface area contributed by atoms with Gasteiger partial charge >= 0.3 is 0 Å². The third kappa shape index (κ3) is 2.81. The first-order valence-corrected chi connectivity index (χ1v) is 4.15. The van der Waals surface area contributed by atoms with E-state index in [-0.39, 0.29) is 11.9 Å². The average Bonchev–Trinajstić information content (AvgIpc) is 2.46. The van der Waals surface area contributed by atoms with Crippen molar-refractivity contribution in [1.29, 1.82) is 10.8 Å². The smallest absolute Gasteiger partial charge is 0.195 e. The topological polar surface area (TPSA) is 114 Å². The fraction of sp³-hybridized carbons (Fsp3) is 0.250. The Bertz CT molecular complexity index is 339. The molecule has 0 aliphatic heterocycles. The Kier molecular flexibility index (Phi) is 3.11. The minimum absolute atomic E-state index is 0.0260. The van der Waals surface area contributed by atoms with Gasteiger partial charge in [-0.2, -0.15) is 0 Å². The minimum Gasteiger partial charge on any atom is -0.370 e. The van der Waals surface area contributed by atoms with Crippen molar-refractivity contribution in [3.8, 4) is 0 Å². The van der Waals surface area contributed by atoms with Crippen molar-refractivity contribution in [2.24, 2.45) is 5.73 Å². The second kappa shape index (κ2) is 4.31. The first-order valence-electron chi connectivity index (χ1n) is 4.15. The predicted molar refractivity (Wildman–Crippen MR) is 55.1 cm³/mol. The minimum atomic E-state index is -0.242.